The lowest BCUT2D eigenvalue weighted by atomic mass is 10.1. The smallest absolute Gasteiger partial charge is 0.253 e. The number of para-hydroxylation sites is 1. The Balaban J connectivity index is 1.61. The third kappa shape index (κ3) is 4.89. The van der Waals surface area contributed by atoms with Crippen LogP contribution in [0, 0.1) is 5.82 Å². The van der Waals surface area contributed by atoms with Crippen molar-refractivity contribution in [1.82, 2.24) is 5.32 Å². The van der Waals surface area contributed by atoms with Crippen LogP contribution >= 0.6 is 0 Å². The van der Waals surface area contributed by atoms with Crippen molar-refractivity contribution in [3.8, 4) is 0 Å². The summed E-state index contributed by atoms with van der Waals surface area (Å²) >= 11 is 0. The van der Waals surface area contributed by atoms with Crippen LogP contribution in [0.4, 0.5) is 10.1 Å². The second-order valence-corrected chi connectivity index (χ2v) is 6.24. The van der Waals surface area contributed by atoms with E-state index in [0.29, 0.717) is 23.4 Å². The van der Waals surface area contributed by atoms with Gasteiger partial charge in [-0.1, -0.05) is 24.3 Å². The van der Waals surface area contributed by atoms with Crippen molar-refractivity contribution in [3.05, 3.63) is 65.5 Å². The van der Waals surface area contributed by atoms with E-state index in [1.807, 2.05) is 0 Å². The van der Waals surface area contributed by atoms with Gasteiger partial charge in [-0.05, 0) is 42.7 Å². The summed E-state index contributed by atoms with van der Waals surface area (Å²) in [5, 5.41) is 5.61. The monoisotopic (exact) mass is 356 g/mol. The molecule has 0 aromatic heterocycles. The molecular weight excluding hydrogens is 335 g/mol. The Morgan fingerprint density at radius 1 is 1.12 bits per heavy atom. The molecule has 1 heterocycles. The molecule has 0 bridgehead atoms. The van der Waals surface area contributed by atoms with E-state index in [0.717, 1.165) is 19.4 Å². The van der Waals surface area contributed by atoms with Crippen molar-refractivity contribution in [1.29, 1.82) is 0 Å². The van der Waals surface area contributed by atoms with Gasteiger partial charge in [-0.3, -0.25) is 9.59 Å². The second-order valence-electron chi connectivity index (χ2n) is 6.24. The molecule has 1 aliphatic heterocycles. The van der Waals surface area contributed by atoms with Crippen LogP contribution in [0.25, 0.3) is 0 Å². The van der Waals surface area contributed by atoms with E-state index in [2.05, 4.69) is 10.6 Å². The first kappa shape index (κ1) is 18.1. The predicted octanol–water partition coefficient (Wildman–Crippen LogP) is 2.92. The Labute approximate surface area is 151 Å². The average molecular weight is 356 g/mol. The number of rotatable bonds is 6. The van der Waals surface area contributed by atoms with Gasteiger partial charge in [0.05, 0.1) is 23.8 Å². The van der Waals surface area contributed by atoms with Gasteiger partial charge < -0.3 is 15.4 Å². The molecule has 2 aromatic rings. The van der Waals surface area contributed by atoms with Crippen LogP contribution in [0.5, 0.6) is 0 Å². The van der Waals surface area contributed by atoms with Gasteiger partial charge >= 0.3 is 0 Å². The summed E-state index contributed by atoms with van der Waals surface area (Å²) in [5.41, 5.74) is 1.55. The zero-order chi connectivity index (χ0) is 18.4. The summed E-state index contributed by atoms with van der Waals surface area (Å²) in [6.07, 6.45) is 2.11. The normalized spacial score (nSPS) is 16.3. The van der Waals surface area contributed by atoms with Crippen LogP contribution in [0.1, 0.15) is 28.8 Å². The first-order valence-corrected chi connectivity index (χ1v) is 8.65. The van der Waals surface area contributed by atoms with Crippen molar-refractivity contribution in [2.45, 2.75) is 25.4 Å². The number of ether oxygens (including phenoxy) is 1. The molecule has 2 amide bonds. The lowest BCUT2D eigenvalue weighted by Gasteiger charge is -2.14. The van der Waals surface area contributed by atoms with E-state index >= 15 is 0 Å². The van der Waals surface area contributed by atoms with Gasteiger partial charge in [0.25, 0.3) is 5.91 Å². The van der Waals surface area contributed by atoms with Gasteiger partial charge in [0.15, 0.2) is 0 Å². The number of hydrogen-bond donors (Lipinski definition) is 2. The highest BCUT2D eigenvalue weighted by Crippen LogP contribution is 2.16. The van der Waals surface area contributed by atoms with Crippen molar-refractivity contribution in [3.63, 3.8) is 0 Å². The maximum absolute atomic E-state index is 12.9. The minimum Gasteiger partial charge on any atom is -0.376 e. The molecule has 0 aliphatic carbocycles. The summed E-state index contributed by atoms with van der Waals surface area (Å²) in [6, 6.07) is 12.6. The SMILES string of the molecule is O=C(Cc1ccc(F)cc1)Nc1ccccc1C(=O)NC[C@H]1CCCO1. The molecule has 1 fully saturated rings. The van der Waals surface area contributed by atoms with Crippen LogP contribution in [0.2, 0.25) is 0 Å². The Morgan fingerprint density at radius 3 is 2.62 bits per heavy atom. The van der Waals surface area contributed by atoms with Crippen LogP contribution in [0.15, 0.2) is 48.5 Å². The van der Waals surface area contributed by atoms with E-state index in [4.69, 9.17) is 4.74 Å². The van der Waals surface area contributed by atoms with E-state index in [1.165, 1.54) is 12.1 Å². The summed E-state index contributed by atoms with van der Waals surface area (Å²) in [7, 11) is 0. The maximum Gasteiger partial charge on any atom is 0.253 e. The highest BCUT2D eigenvalue weighted by molar-refractivity contribution is 6.04. The fourth-order valence-electron chi connectivity index (χ4n) is 2.88. The highest BCUT2D eigenvalue weighted by Gasteiger charge is 2.18. The quantitative estimate of drug-likeness (QED) is 0.836. The molecule has 136 valence electrons. The van der Waals surface area contributed by atoms with Gasteiger partial charge in [0.1, 0.15) is 5.82 Å². The molecule has 5 nitrogen and oxygen atoms in total. The fourth-order valence-corrected chi connectivity index (χ4v) is 2.88. The number of hydrogen-bond acceptors (Lipinski definition) is 3. The van der Waals surface area contributed by atoms with Gasteiger partial charge in [-0.15, -0.1) is 0 Å². The third-order valence-corrected chi connectivity index (χ3v) is 4.24. The number of carbonyl (C=O) groups excluding carboxylic acids is 2. The third-order valence-electron chi connectivity index (χ3n) is 4.24. The Kier molecular flexibility index (Phi) is 5.96. The predicted molar refractivity (Wildman–Crippen MR) is 96.5 cm³/mol. The fraction of sp³-hybridized carbons (Fsp3) is 0.300. The standard InChI is InChI=1S/C20H21FN2O3/c21-15-9-7-14(8-10-15)12-19(24)23-18-6-2-1-5-17(18)20(25)22-13-16-4-3-11-26-16/h1-2,5-10,16H,3-4,11-13H2,(H,22,25)(H,23,24)/t16-/m1/s1. The first-order valence-electron chi connectivity index (χ1n) is 8.65. The topological polar surface area (TPSA) is 67.4 Å². The molecule has 0 unspecified atom stereocenters. The number of amides is 2. The Morgan fingerprint density at radius 2 is 1.88 bits per heavy atom. The largest absolute Gasteiger partial charge is 0.376 e. The summed E-state index contributed by atoms with van der Waals surface area (Å²) < 4.78 is 18.4. The molecule has 3 rings (SSSR count). The highest BCUT2D eigenvalue weighted by atomic mass is 19.1. The van der Waals surface area contributed by atoms with E-state index in [-0.39, 0.29) is 30.2 Å². The van der Waals surface area contributed by atoms with E-state index < -0.39 is 0 Å². The lowest BCUT2D eigenvalue weighted by molar-refractivity contribution is -0.115. The van der Waals surface area contributed by atoms with Gasteiger partial charge in [-0.25, -0.2) is 4.39 Å². The first-order chi connectivity index (χ1) is 12.6. The number of benzene rings is 2. The number of nitrogens with one attached hydrogen (secondary N) is 2. The lowest BCUT2D eigenvalue weighted by Crippen LogP contribution is -2.32. The van der Waals surface area contributed by atoms with Crippen LogP contribution in [0.3, 0.4) is 0 Å². The molecule has 1 atom stereocenters. The average Bonchev–Trinajstić information content (AvgIpc) is 3.16. The zero-order valence-electron chi connectivity index (χ0n) is 14.3. The zero-order valence-corrected chi connectivity index (χ0v) is 14.3. The molecule has 0 saturated carbocycles. The van der Waals surface area contributed by atoms with Crippen molar-refractivity contribution in [2.75, 3.05) is 18.5 Å². The van der Waals surface area contributed by atoms with Crippen molar-refractivity contribution < 1.29 is 18.7 Å². The number of anilines is 1. The molecule has 1 aliphatic rings. The Bertz CT molecular complexity index is 771. The minimum atomic E-state index is -0.345. The number of halogens is 1. The molecule has 1 saturated heterocycles. The molecular formula is C20H21FN2O3. The maximum atomic E-state index is 12.9. The summed E-state index contributed by atoms with van der Waals surface area (Å²) in [6.45, 7) is 1.19. The number of carbonyl (C=O) groups is 2. The van der Waals surface area contributed by atoms with E-state index in [1.54, 1.807) is 36.4 Å². The molecule has 6 heteroatoms. The van der Waals surface area contributed by atoms with Gasteiger partial charge in [-0.2, -0.15) is 0 Å². The van der Waals surface area contributed by atoms with Crippen LogP contribution in [-0.4, -0.2) is 31.1 Å². The molecule has 26 heavy (non-hydrogen) atoms. The molecule has 0 radical (unpaired) electrons. The van der Waals surface area contributed by atoms with Crippen molar-refractivity contribution in [2.24, 2.45) is 0 Å². The molecule has 2 aromatic carbocycles. The van der Waals surface area contributed by atoms with Crippen molar-refractivity contribution >= 4 is 17.5 Å². The molecule has 0 spiro atoms. The molecule has 2 N–H and O–H groups in total. The second kappa shape index (κ2) is 8.58. The van der Waals surface area contributed by atoms with Gasteiger partial charge in [0, 0.05) is 13.2 Å². The van der Waals surface area contributed by atoms with Crippen LogP contribution < -0.4 is 10.6 Å². The van der Waals surface area contributed by atoms with Crippen LogP contribution in [-0.2, 0) is 16.0 Å². The summed E-state index contributed by atoms with van der Waals surface area (Å²) in [4.78, 5) is 24.7. The van der Waals surface area contributed by atoms with E-state index in [9.17, 15) is 14.0 Å². The minimum absolute atomic E-state index is 0.0548. The Hall–Kier alpha value is -2.73. The van der Waals surface area contributed by atoms with Gasteiger partial charge in [0.2, 0.25) is 5.91 Å². The summed E-state index contributed by atoms with van der Waals surface area (Å²) in [5.74, 6) is -0.864.